The Kier molecular flexibility index (Phi) is 2.69. The Labute approximate surface area is 79.3 Å². The smallest absolute Gasteiger partial charge is 0.120 e. The van der Waals surface area contributed by atoms with Crippen LogP contribution >= 0.6 is 0 Å². The third-order valence-electron chi connectivity index (χ3n) is 2.67. The molecule has 2 heteroatoms. The molecule has 0 spiro atoms. The van der Waals surface area contributed by atoms with Crippen molar-refractivity contribution in [2.24, 2.45) is 5.92 Å². The van der Waals surface area contributed by atoms with Gasteiger partial charge in [0.1, 0.15) is 5.76 Å². The van der Waals surface area contributed by atoms with Gasteiger partial charge in [-0.2, -0.15) is 0 Å². The van der Waals surface area contributed by atoms with Gasteiger partial charge in [-0.05, 0) is 37.9 Å². The van der Waals surface area contributed by atoms with E-state index in [0.717, 1.165) is 18.2 Å². The number of furan rings is 1. The predicted octanol–water partition coefficient (Wildman–Crippen LogP) is 2.73. The SMILES string of the molecule is C[C@H](NCCC1CC1)c1ccco1. The van der Waals surface area contributed by atoms with Gasteiger partial charge >= 0.3 is 0 Å². The van der Waals surface area contributed by atoms with Gasteiger partial charge < -0.3 is 9.73 Å². The summed E-state index contributed by atoms with van der Waals surface area (Å²) in [7, 11) is 0. The molecular weight excluding hydrogens is 162 g/mol. The molecule has 2 rings (SSSR count). The van der Waals surface area contributed by atoms with Crippen LogP contribution in [-0.4, -0.2) is 6.54 Å². The molecule has 1 heterocycles. The highest BCUT2D eigenvalue weighted by Crippen LogP contribution is 2.31. The maximum Gasteiger partial charge on any atom is 0.120 e. The lowest BCUT2D eigenvalue weighted by atomic mass is 10.2. The number of rotatable bonds is 5. The Hall–Kier alpha value is -0.760. The lowest BCUT2D eigenvalue weighted by Crippen LogP contribution is -2.19. The predicted molar refractivity (Wildman–Crippen MR) is 52.5 cm³/mol. The molecule has 1 atom stereocenters. The van der Waals surface area contributed by atoms with Crippen LogP contribution in [0.15, 0.2) is 22.8 Å². The third kappa shape index (κ3) is 2.59. The van der Waals surface area contributed by atoms with E-state index in [1.54, 1.807) is 6.26 Å². The monoisotopic (exact) mass is 179 g/mol. The zero-order valence-corrected chi connectivity index (χ0v) is 8.12. The molecule has 1 aliphatic rings. The number of hydrogen-bond acceptors (Lipinski definition) is 2. The van der Waals surface area contributed by atoms with Gasteiger partial charge in [-0.15, -0.1) is 0 Å². The van der Waals surface area contributed by atoms with E-state index >= 15 is 0 Å². The van der Waals surface area contributed by atoms with Crippen molar-refractivity contribution in [3.05, 3.63) is 24.2 Å². The first-order valence-corrected chi connectivity index (χ1v) is 5.13. The van der Waals surface area contributed by atoms with Crippen LogP contribution in [0.1, 0.15) is 38.0 Å². The van der Waals surface area contributed by atoms with Crippen LogP contribution in [0.5, 0.6) is 0 Å². The minimum atomic E-state index is 0.355. The Bertz CT molecular complexity index is 239. The maximum absolute atomic E-state index is 5.31. The van der Waals surface area contributed by atoms with Gasteiger partial charge in [0.15, 0.2) is 0 Å². The van der Waals surface area contributed by atoms with Crippen LogP contribution in [-0.2, 0) is 0 Å². The topological polar surface area (TPSA) is 25.2 Å². The highest BCUT2D eigenvalue weighted by atomic mass is 16.3. The van der Waals surface area contributed by atoms with Gasteiger partial charge in [0.25, 0.3) is 0 Å². The summed E-state index contributed by atoms with van der Waals surface area (Å²) < 4.78 is 5.31. The fourth-order valence-corrected chi connectivity index (χ4v) is 1.55. The van der Waals surface area contributed by atoms with Crippen LogP contribution in [0.3, 0.4) is 0 Å². The van der Waals surface area contributed by atoms with E-state index in [2.05, 4.69) is 12.2 Å². The molecule has 1 aromatic heterocycles. The Morgan fingerprint density at radius 2 is 2.46 bits per heavy atom. The summed E-state index contributed by atoms with van der Waals surface area (Å²) in [5.41, 5.74) is 0. The summed E-state index contributed by atoms with van der Waals surface area (Å²) in [6, 6.07) is 4.32. The average Bonchev–Trinajstić information content (AvgIpc) is 2.80. The second-order valence-electron chi connectivity index (χ2n) is 3.92. The molecule has 1 N–H and O–H groups in total. The van der Waals surface area contributed by atoms with E-state index < -0.39 is 0 Å². The molecule has 1 aromatic rings. The van der Waals surface area contributed by atoms with E-state index in [0.29, 0.717) is 6.04 Å². The molecule has 1 aliphatic carbocycles. The first-order chi connectivity index (χ1) is 6.36. The zero-order valence-electron chi connectivity index (χ0n) is 8.12. The number of nitrogens with one attached hydrogen (secondary N) is 1. The van der Waals surface area contributed by atoms with Gasteiger partial charge in [-0.25, -0.2) is 0 Å². The minimum absolute atomic E-state index is 0.355. The molecule has 72 valence electrons. The molecular formula is C11H17NO. The van der Waals surface area contributed by atoms with Crippen molar-refractivity contribution >= 4 is 0 Å². The molecule has 13 heavy (non-hydrogen) atoms. The van der Waals surface area contributed by atoms with Crippen LogP contribution in [0, 0.1) is 5.92 Å². The van der Waals surface area contributed by atoms with Crippen LogP contribution in [0.25, 0.3) is 0 Å². The van der Waals surface area contributed by atoms with Crippen molar-refractivity contribution in [2.75, 3.05) is 6.54 Å². The van der Waals surface area contributed by atoms with Crippen LogP contribution < -0.4 is 5.32 Å². The first kappa shape index (κ1) is 8.82. The van der Waals surface area contributed by atoms with Crippen LogP contribution in [0.2, 0.25) is 0 Å². The molecule has 0 unspecified atom stereocenters. The molecule has 0 radical (unpaired) electrons. The quantitative estimate of drug-likeness (QED) is 0.751. The summed E-state index contributed by atoms with van der Waals surface area (Å²) in [4.78, 5) is 0. The van der Waals surface area contributed by atoms with Gasteiger partial charge in [0.2, 0.25) is 0 Å². The van der Waals surface area contributed by atoms with Gasteiger partial charge in [-0.3, -0.25) is 0 Å². The first-order valence-electron chi connectivity index (χ1n) is 5.13. The van der Waals surface area contributed by atoms with Crippen molar-refractivity contribution in [1.82, 2.24) is 5.32 Å². The summed E-state index contributed by atoms with van der Waals surface area (Å²) in [6.07, 6.45) is 5.94. The van der Waals surface area contributed by atoms with Gasteiger partial charge in [0, 0.05) is 0 Å². The normalized spacial score (nSPS) is 18.8. The average molecular weight is 179 g/mol. The molecule has 0 bridgehead atoms. The summed E-state index contributed by atoms with van der Waals surface area (Å²) >= 11 is 0. The number of hydrogen-bond donors (Lipinski definition) is 1. The van der Waals surface area contributed by atoms with E-state index in [-0.39, 0.29) is 0 Å². The second kappa shape index (κ2) is 3.97. The zero-order chi connectivity index (χ0) is 9.10. The second-order valence-corrected chi connectivity index (χ2v) is 3.92. The lowest BCUT2D eigenvalue weighted by Gasteiger charge is -2.10. The molecule has 0 amide bonds. The molecule has 2 nitrogen and oxygen atoms in total. The summed E-state index contributed by atoms with van der Waals surface area (Å²) in [5, 5.41) is 3.46. The van der Waals surface area contributed by atoms with E-state index in [1.807, 2.05) is 12.1 Å². The molecule has 0 aliphatic heterocycles. The third-order valence-corrected chi connectivity index (χ3v) is 2.67. The molecule has 1 fully saturated rings. The Morgan fingerprint density at radius 1 is 1.62 bits per heavy atom. The van der Waals surface area contributed by atoms with Gasteiger partial charge in [0.05, 0.1) is 12.3 Å². The maximum atomic E-state index is 5.31. The lowest BCUT2D eigenvalue weighted by molar-refractivity contribution is 0.425. The van der Waals surface area contributed by atoms with Crippen molar-refractivity contribution in [3.63, 3.8) is 0 Å². The van der Waals surface area contributed by atoms with E-state index in [1.165, 1.54) is 19.3 Å². The minimum Gasteiger partial charge on any atom is -0.468 e. The molecule has 1 saturated carbocycles. The highest BCUT2D eigenvalue weighted by Gasteiger charge is 2.20. The summed E-state index contributed by atoms with van der Waals surface area (Å²) in [6.45, 7) is 3.26. The van der Waals surface area contributed by atoms with Crippen molar-refractivity contribution < 1.29 is 4.42 Å². The Morgan fingerprint density at radius 3 is 3.08 bits per heavy atom. The standard InChI is InChI=1S/C11H17NO/c1-9(11-3-2-8-13-11)12-7-6-10-4-5-10/h2-3,8-10,12H,4-7H2,1H3/t9-/m0/s1. The fraction of sp³-hybridized carbons (Fsp3) is 0.636. The Balaban J connectivity index is 1.68. The molecule has 0 saturated heterocycles. The highest BCUT2D eigenvalue weighted by molar-refractivity contribution is 5.02. The summed E-state index contributed by atoms with van der Waals surface area (Å²) in [5.74, 6) is 2.05. The van der Waals surface area contributed by atoms with E-state index in [4.69, 9.17) is 4.42 Å². The fourth-order valence-electron chi connectivity index (χ4n) is 1.55. The largest absolute Gasteiger partial charge is 0.468 e. The van der Waals surface area contributed by atoms with Crippen molar-refractivity contribution in [1.29, 1.82) is 0 Å². The van der Waals surface area contributed by atoms with Crippen molar-refractivity contribution in [2.45, 2.75) is 32.2 Å². The van der Waals surface area contributed by atoms with E-state index in [9.17, 15) is 0 Å². The van der Waals surface area contributed by atoms with Crippen molar-refractivity contribution in [3.8, 4) is 0 Å². The van der Waals surface area contributed by atoms with Crippen LogP contribution in [0.4, 0.5) is 0 Å². The molecule has 0 aromatic carbocycles. The van der Waals surface area contributed by atoms with Gasteiger partial charge in [-0.1, -0.05) is 12.8 Å².